The number of para-hydroxylation sites is 1. The Hall–Kier alpha value is -3.23. The number of rotatable bonds is 5. The number of benzene rings is 3. The first-order chi connectivity index (χ1) is 14.8. The highest BCUT2D eigenvalue weighted by Crippen LogP contribution is 2.30. The van der Waals surface area contributed by atoms with Crippen molar-refractivity contribution < 1.29 is 13.5 Å². The summed E-state index contributed by atoms with van der Waals surface area (Å²) in [5, 5.41) is 14.5. The molecular formula is C23H18BrN3O3S. The van der Waals surface area contributed by atoms with E-state index in [0.717, 1.165) is 19.7 Å². The van der Waals surface area contributed by atoms with Crippen LogP contribution in [-0.2, 0) is 10.0 Å². The van der Waals surface area contributed by atoms with Crippen LogP contribution in [0.2, 0.25) is 0 Å². The first-order valence-electron chi connectivity index (χ1n) is 9.36. The van der Waals surface area contributed by atoms with Crippen LogP contribution in [0, 0.1) is 6.92 Å². The van der Waals surface area contributed by atoms with Gasteiger partial charge in [0, 0.05) is 4.47 Å². The first kappa shape index (κ1) is 21.0. The maximum Gasteiger partial charge on any atom is 0.285 e. The zero-order valence-corrected chi connectivity index (χ0v) is 18.9. The fourth-order valence-corrected chi connectivity index (χ4v) is 4.43. The van der Waals surface area contributed by atoms with Gasteiger partial charge >= 0.3 is 0 Å². The summed E-state index contributed by atoms with van der Waals surface area (Å²) in [6.45, 7) is 1.88. The van der Waals surface area contributed by atoms with Gasteiger partial charge in [-0.05, 0) is 55.0 Å². The SMILES string of the molecule is Cc1ccc(S(=O)(=O)n2nc(/C=C/c3ccc(Br)cc3)nc2-c2ccccc2O)cc1. The molecule has 0 bridgehead atoms. The zero-order valence-electron chi connectivity index (χ0n) is 16.5. The van der Waals surface area contributed by atoms with E-state index in [4.69, 9.17) is 0 Å². The molecule has 156 valence electrons. The highest BCUT2D eigenvalue weighted by atomic mass is 79.9. The molecule has 0 spiro atoms. The van der Waals surface area contributed by atoms with Crippen molar-refractivity contribution in [2.24, 2.45) is 0 Å². The van der Waals surface area contributed by atoms with Gasteiger partial charge < -0.3 is 5.11 Å². The summed E-state index contributed by atoms with van der Waals surface area (Å²) in [7, 11) is -4.03. The number of hydrogen-bond acceptors (Lipinski definition) is 5. The molecule has 0 radical (unpaired) electrons. The van der Waals surface area contributed by atoms with Gasteiger partial charge in [-0.15, -0.1) is 9.19 Å². The topological polar surface area (TPSA) is 85.1 Å². The van der Waals surface area contributed by atoms with Crippen molar-refractivity contribution in [1.29, 1.82) is 0 Å². The standard InChI is InChI=1S/C23H18BrN3O3S/c1-16-6-13-19(14-7-16)31(29,30)27-23(20-4-2-3-5-21(20)28)25-22(26-27)15-10-17-8-11-18(24)12-9-17/h2-15,28H,1H3/b15-10+. The summed E-state index contributed by atoms with van der Waals surface area (Å²) in [5.41, 5.74) is 2.12. The fraction of sp³-hybridized carbons (Fsp3) is 0.0435. The molecule has 4 aromatic rings. The molecule has 1 aromatic heterocycles. The molecule has 0 amide bonds. The van der Waals surface area contributed by atoms with Crippen LogP contribution in [0.5, 0.6) is 5.75 Å². The van der Waals surface area contributed by atoms with E-state index in [9.17, 15) is 13.5 Å². The number of aryl methyl sites for hydroxylation is 1. The van der Waals surface area contributed by atoms with Crippen LogP contribution in [0.3, 0.4) is 0 Å². The van der Waals surface area contributed by atoms with Gasteiger partial charge in [0.2, 0.25) is 0 Å². The van der Waals surface area contributed by atoms with Crippen LogP contribution in [-0.4, -0.2) is 27.7 Å². The number of phenolic OH excluding ortho intramolecular Hbond substituents is 1. The van der Waals surface area contributed by atoms with Crippen molar-refractivity contribution in [3.8, 4) is 17.1 Å². The smallest absolute Gasteiger partial charge is 0.285 e. The highest BCUT2D eigenvalue weighted by Gasteiger charge is 2.25. The van der Waals surface area contributed by atoms with Crippen LogP contribution < -0.4 is 0 Å². The molecule has 0 aliphatic heterocycles. The largest absolute Gasteiger partial charge is 0.507 e. The van der Waals surface area contributed by atoms with Crippen LogP contribution in [0.4, 0.5) is 0 Å². The number of aromatic hydroxyl groups is 1. The highest BCUT2D eigenvalue weighted by molar-refractivity contribution is 9.10. The van der Waals surface area contributed by atoms with E-state index in [1.807, 2.05) is 31.2 Å². The maximum atomic E-state index is 13.3. The molecule has 3 aromatic carbocycles. The van der Waals surface area contributed by atoms with Crippen molar-refractivity contribution in [2.75, 3.05) is 0 Å². The van der Waals surface area contributed by atoms with Crippen LogP contribution in [0.1, 0.15) is 17.0 Å². The van der Waals surface area contributed by atoms with Crippen molar-refractivity contribution >= 4 is 38.1 Å². The number of phenols is 1. The Labute approximate surface area is 188 Å². The van der Waals surface area contributed by atoms with Crippen LogP contribution in [0.25, 0.3) is 23.5 Å². The predicted molar refractivity (Wildman–Crippen MR) is 124 cm³/mol. The average Bonchev–Trinajstić information content (AvgIpc) is 3.19. The van der Waals surface area contributed by atoms with E-state index in [1.54, 1.807) is 42.5 Å². The van der Waals surface area contributed by atoms with Gasteiger partial charge in [0.05, 0.1) is 10.5 Å². The van der Waals surface area contributed by atoms with E-state index in [2.05, 4.69) is 26.0 Å². The number of hydrogen-bond donors (Lipinski definition) is 1. The zero-order chi connectivity index (χ0) is 22.0. The van der Waals surface area contributed by atoms with Gasteiger partial charge in [0.1, 0.15) is 5.75 Å². The third-order valence-corrected chi connectivity index (χ3v) is 6.69. The van der Waals surface area contributed by atoms with Gasteiger partial charge in [-0.1, -0.05) is 64.0 Å². The summed E-state index contributed by atoms with van der Waals surface area (Å²) in [6.07, 6.45) is 3.42. The molecule has 31 heavy (non-hydrogen) atoms. The predicted octanol–water partition coefficient (Wildman–Crippen LogP) is 5.13. The molecule has 1 heterocycles. The minimum atomic E-state index is -4.03. The van der Waals surface area contributed by atoms with E-state index in [1.165, 1.54) is 18.2 Å². The van der Waals surface area contributed by atoms with Gasteiger partial charge in [-0.25, -0.2) is 4.98 Å². The number of aromatic nitrogens is 3. The molecule has 4 rings (SSSR count). The Morgan fingerprint density at radius 3 is 2.29 bits per heavy atom. The quantitative estimate of drug-likeness (QED) is 0.414. The summed E-state index contributed by atoms with van der Waals surface area (Å²) in [4.78, 5) is 4.49. The van der Waals surface area contributed by atoms with Gasteiger partial charge in [0.15, 0.2) is 11.6 Å². The minimum Gasteiger partial charge on any atom is -0.507 e. The summed E-state index contributed by atoms with van der Waals surface area (Å²) >= 11 is 3.39. The lowest BCUT2D eigenvalue weighted by Gasteiger charge is -2.08. The van der Waals surface area contributed by atoms with Crippen LogP contribution >= 0.6 is 15.9 Å². The number of halogens is 1. The minimum absolute atomic E-state index is 0.0362. The molecule has 6 nitrogen and oxygen atoms in total. The van der Waals surface area contributed by atoms with Crippen molar-refractivity contribution in [2.45, 2.75) is 11.8 Å². The first-order valence-corrected chi connectivity index (χ1v) is 11.6. The van der Waals surface area contributed by atoms with E-state index in [0.29, 0.717) is 0 Å². The lowest BCUT2D eigenvalue weighted by Crippen LogP contribution is -2.16. The van der Waals surface area contributed by atoms with Gasteiger partial charge in [-0.2, -0.15) is 8.42 Å². The Bertz CT molecular complexity index is 1360. The summed E-state index contributed by atoms with van der Waals surface area (Å²) in [5.74, 6) is 0.157. The second kappa shape index (κ2) is 8.49. The Balaban J connectivity index is 1.84. The molecule has 0 unspecified atom stereocenters. The van der Waals surface area contributed by atoms with Gasteiger partial charge in [0.25, 0.3) is 10.0 Å². The lowest BCUT2D eigenvalue weighted by atomic mass is 10.2. The van der Waals surface area contributed by atoms with Crippen molar-refractivity contribution in [3.63, 3.8) is 0 Å². The lowest BCUT2D eigenvalue weighted by molar-refractivity contribution is 0.476. The molecule has 0 saturated heterocycles. The monoisotopic (exact) mass is 495 g/mol. The molecule has 0 atom stereocenters. The molecule has 0 aliphatic carbocycles. The van der Waals surface area contributed by atoms with E-state index < -0.39 is 10.0 Å². The second-order valence-electron chi connectivity index (χ2n) is 6.86. The average molecular weight is 496 g/mol. The maximum absolute atomic E-state index is 13.3. The molecule has 1 N–H and O–H groups in total. The van der Waals surface area contributed by atoms with Crippen molar-refractivity contribution in [3.05, 3.63) is 94.2 Å². The normalized spacial score (nSPS) is 11.8. The summed E-state index contributed by atoms with van der Waals surface area (Å²) < 4.78 is 28.5. The third kappa shape index (κ3) is 4.45. The molecular weight excluding hydrogens is 478 g/mol. The molecule has 8 heteroatoms. The second-order valence-corrected chi connectivity index (χ2v) is 9.54. The van der Waals surface area contributed by atoms with Crippen LogP contribution in [0.15, 0.2) is 82.2 Å². The number of nitrogens with zero attached hydrogens (tertiary/aromatic N) is 3. The fourth-order valence-electron chi connectivity index (χ4n) is 2.93. The molecule has 0 fully saturated rings. The van der Waals surface area contributed by atoms with E-state index >= 15 is 0 Å². The molecule has 0 aliphatic rings. The van der Waals surface area contributed by atoms with E-state index in [-0.39, 0.29) is 27.9 Å². The summed E-state index contributed by atoms with van der Waals surface area (Å²) in [6, 6.07) is 20.5. The Morgan fingerprint density at radius 1 is 0.935 bits per heavy atom. The van der Waals surface area contributed by atoms with Crippen molar-refractivity contribution in [1.82, 2.24) is 14.2 Å². The molecule has 0 saturated carbocycles. The third-order valence-electron chi connectivity index (χ3n) is 4.58. The Morgan fingerprint density at radius 2 is 1.61 bits per heavy atom. The van der Waals surface area contributed by atoms with Gasteiger partial charge in [-0.3, -0.25) is 0 Å². The Kier molecular flexibility index (Phi) is 5.75.